The minimum absolute atomic E-state index is 0.122. The van der Waals surface area contributed by atoms with Crippen molar-refractivity contribution in [2.45, 2.75) is 32.7 Å². The van der Waals surface area contributed by atoms with E-state index in [1.807, 2.05) is 18.3 Å². The predicted octanol–water partition coefficient (Wildman–Crippen LogP) is 4.61. The van der Waals surface area contributed by atoms with Crippen LogP contribution < -0.4 is 5.84 Å². The summed E-state index contributed by atoms with van der Waals surface area (Å²) in [6.07, 6.45) is 6.32. The van der Waals surface area contributed by atoms with Crippen LogP contribution >= 0.6 is 0 Å². The van der Waals surface area contributed by atoms with Gasteiger partial charge in [0.05, 0.1) is 5.52 Å². The Morgan fingerprint density at radius 1 is 1.17 bits per heavy atom. The first kappa shape index (κ1) is 19.4. The molecule has 1 atom stereocenters. The van der Waals surface area contributed by atoms with Gasteiger partial charge in [-0.3, -0.25) is 14.4 Å². The minimum Gasteiger partial charge on any atom is -0.339 e. The lowest BCUT2D eigenvalue weighted by molar-refractivity contribution is 0.103. The molecule has 0 saturated carbocycles. The molecular formula is C24H26FN3O. The fourth-order valence-corrected chi connectivity index (χ4v) is 4.01. The van der Waals surface area contributed by atoms with E-state index in [0.29, 0.717) is 17.2 Å². The minimum atomic E-state index is -0.352. The van der Waals surface area contributed by atoms with Gasteiger partial charge in [-0.2, -0.15) is 0 Å². The normalized spacial score (nSPS) is 16.0. The van der Waals surface area contributed by atoms with E-state index >= 15 is 0 Å². The van der Waals surface area contributed by atoms with Gasteiger partial charge in [0.1, 0.15) is 5.82 Å². The molecule has 0 spiro atoms. The monoisotopic (exact) mass is 391 g/mol. The number of fused-ring (bicyclic) bond motifs is 1. The van der Waals surface area contributed by atoms with Gasteiger partial charge in [-0.15, -0.1) is 0 Å². The highest BCUT2D eigenvalue weighted by molar-refractivity contribution is 6.11. The maximum Gasteiger partial charge on any atom is 0.193 e. The molecule has 5 heteroatoms. The van der Waals surface area contributed by atoms with Crippen LogP contribution in [-0.2, 0) is 0 Å². The van der Waals surface area contributed by atoms with E-state index in [-0.39, 0.29) is 11.6 Å². The number of ketones is 1. The standard InChI is InChI=1S/C24H26FN3O/c1-3-16(2)27-12-10-17(11-13-27)22-15-28(26)23-9-6-19(14-21(22)23)24(29)18-4-7-20(25)8-5-18/h4-10,14-16H,3,11-13,26H2,1-2H3. The molecule has 1 aliphatic heterocycles. The molecule has 2 heterocycles. The number of nitrogen functional groups attached to an aromatic ring is 1. The van der Waals surface area contributed by atoms with E-state index < -0.39 is 0 Å². The van der Waals surface area contributed by atoms with Crippen molar-refractivity contribution in [1.82, 2.24) is 9.58 Å². The van der Waals surface area contributed by atoms with Gasteiger partial charge in [0.15, 0.2) is 5.78 Å². The predicted molar refractivity (Wildman–Crippen MR) is 116 cm³/mol. The van der Waals surface area contributed by atoms with Gasteiger partial charge in [-0.05, 0) is 67.8 Å². The average molecular weight is 391 g/mol. The molecule has 0 aliphatic carbocycles. The van der Waals surface area contributed by atoms with E-state index in [9.17, 15) is 9.18 Å². The van der Waals surface area contributed by atoms with Gasteiger partial charge in [0, 0.05) is 47.4 Å². The van der Waals surface area contributed by atoms with Crippen LogP contribution in [0, 0.1) is 5.82 Å². The number of halogens is 1. The van der Waals surface area contributed by atoms with Crippen molar-refractivity contribution in [2.24, 2.45) is 0 Å². The maximum absolute atomic E-state index is 13.2. The Morgan fingerprint density at radius 3 is 2.55 bits per heavy atom. The number of nitrogens with zero attached hydrogens (tertiary/aromatic N) is 2. The van der Waals surface area contributed by atoms with Crippen molar-refractivity contribution in [3.05, 3.63) is 77.2 Å². The number of carbonyl (C=O) groups excluding carboxylic acids is 1. The van der Waals surface area contributed by atoms with E-state index in [0.717, 1.165) is 42.4 Å². The molecule has 0 radical (unpaired) electrons. The lowest BCUT2D eigenvalue weighted by Crippen LogP contribution is -2.35. The molecule has 0 saturated heterocycles. The third-order valence-corrected chi connectivity index (χ3v) is 6.00. The van der Waals surface area contributed by atoms with Crippen LogP contribution in [0.15, 0.2) is 54.7 Å². The number of rotatable bonds is 5. The molecule has 1 aliphatic rings. The fourth-order valence-electron chi connectivity index (χ4n) is 4.01. The van der Waals surface area contributed by atoms with Crippen LogP contribution in [0.3, 0.4) is 0 Å². The largest absolute Gasteiger partial charge is 0.339 e. The highest BCUT2D eigenvalue weighted by Crippen LogP contribution is 2.32. The molecule has 29 heavy (non-hydrogen) atoms. The molecule has 150 valence electrons. The zero-order valence-corrected chi connectivity index (χ0v) is 16.9. The molecule has 2 N–H and O–H groups in total. The fraction of sp³-hybridized carbons (Fsp3) is 0.292. The summed E-state index contributed by atoms with van der Waals surface area (Å²) in [4.78, 5) is 15.3. The second-order valence-corrected chi connectivity index (χ2v) is 7.75. The molecule has 3 aromatic rings. The molecule has 2 aromatic carbocycles. The number of nitrogens with two attached hydrogens (primary N) is 1. The Balaban J connectivity index is 1.69. The molecular weight excluding hydrogens is 365 g/mol. The van der Waals surface area contributed by atoms with E-state index in [1.54, 1.807) is 10.7 Å². The summed E-state index contributed by atoms with van der Waals surface area (Å²) in [5.41, 5.74) is 4.29. The van der Waals surface area contributed by atoms with E-state index in [1.165, 1.54) is 29.8 Å². The van der Waals surface area contributed by atoms with Crippen LogP contribution in [-0.4, -0.2) is 34.5 Å². The van der Waals surface area contributed by atoms with Gasteiger partial charge >= 0.3 is 0 Å². The summed E-state index contributed by atoms with van der Waals surface area (Å²) in [6, 6.07) is 11.8. The van der Waals surface area contributed by atoms with Crippen molar-refractivity contribution in [2.75, 3.05) is 18.9 Å². The van der Waals surface area contributed by atoms with Gasteiger partial charge in [-0.25, -0.2) is 4.39 Å². The Bertz CT molecular complexity index is 1080. The molecule has 0 fully saturated rings. The first-order chi connectivity index (χ1) is 14.0. The third-order valence-electron chi connectivity index (χ3n) is 6.00. The lowest BCUT2D eigenvalue weighted by atomic mass is 9.95. The number of hydrogen-bond acceptors (Lipinski definition) is 3. The summed E-state index contributed by atoms with van der Waals surface area (Å²) in [5, 5.41) is 0.976. The zero-order chi connectivity index (χ0) is 20.5. The van der Waals surface area contributed by atoms with Crippen LogP contribution in [0.5, 0.6) is 0 Å². The van der Waals surface area contributed by atoms with Crippen LogP contribution in [0.2, 0.25) is 0 Å². The first-order valence-electron chi connectivity index (χ1n) is 10.1. The van der Waals surface area contributed by atoms with Gasteiger partial charge in [0.2, 0.25) is 0 Å². The summed E-state index contributed by atoms with van der Waals surface area (Å²) >= 11 is 0. The quantitative estimate of drug-likeness (QED) is 0.510. The summed E-state index contributed by atoms with van der Waals surface area (Å²) in [7, 11) is 0. The second-order valence-electron chi connectivity index (χ2n) is 7.75. The number of carbonyl (C=O) groups is 1. The SMILES string of the molecule is CCC(C)N1CC=C(c2cn(N)c3ccc(C(=O)c4ccc(F)cc4)cc23)CC1. The van der Waals surface area contributed by atoms with Crippen molar-refractivity contribution in [1.29, 1.82) is 0 Å². The topological polar surface area (TPSA) is 51.3 Å². The number of aromatic nitrogens is 1. The molecule has 0 bridgehead atoms. The van der Waals surface area contributed by atoms with E-state index in [4.69, 9.17) is 5.84 Å². The third kappa shape index (κ3) is 3.70. The Morgan fingerprint density at radius 2 is 1.90 bits per heavy atom. The van der Waals surface area contributed by atoms with Crippen molar-refractivity contribution in [3.63, 3.8) is 0 Å². The van der Waals surface area contributed by atoms with Crippen molar-refractivity contribution < 1.29 is 9.18 Å². The Labute approximate surface area is 170 Å². The second kappa shape index (κ2) is 7.84. The molecule has 4 nitrogen and oxygen atoms in total. The Kier molecular flexibility index (Phi) is 5.24. The first-order valence-corrected chi connectivity index (χ1v) is 10.1. The van der Waals surface area contributed by atoms with Gasteiger partial charge in [-0.1, -0.05) is 13.0 Å². The van der Waals surface area contributed by atoms with Crippen molar-refractivity contribution >= 4 is 22.3 Å². The van der Waals surface area contributed by atoms with Crippen LogP contribution in [0.25, 0.3) is 16.5 Å². The zero-order valence-electron chi connectivity index (χ0n) is 16.9. The lowest BCUT2D eigenvalue weighted by Gasteiger charge is -2.31. The summed E-state index contributed by atoms with van der Waals surface area (Å²) < 4.78 is 14.8. The smallest absolute Gasteiger partial charge is 0.193 e. The number of benzene rings is 2. The van der Waals surface area contributed by atoms with Gasteiger partial charge in [0.25, 0.3) is 0 Å². The Hall–Kier alpha value is -2.92. The molecule has 1 unspecified atom stereocenters. The van der Waals surface area contributed by atoms with Crippen molar-refractivity contribution in [3.8, 4) is 0 Å². The van der Waals surface area contributed by atoms with Gasteiger partial charge < -0.3 is 5.84 Å². The van der Waals surface area contributed by atoms with E-state index in [2.05, 4.69) is 24.8 Å². The van der Waals surface area contributed by atoms with Crippen LogP contribution in [0.4, 0.5) is 4.39 Å². The molecule has 0 amide bonds. The summed E-state index contributed by atoms with van der Waals surface area (Å²) in [5.74, 6) is 5.71. The highest BCUT2D eigenvalue weighted by atomic mass is 19.1. The maximum atomic E-state index is 13.2. The molecule has 4 rings (SSSR count). The highest BCUT2D eigenvalue weighted by Gasteiger charge is 2.20. The number of hydrogen-bond donors (Lipinski definition) is 1. The van der Waals surface area contributed by atoms with Crippen LogP contribution in [0.1, 0.15) is 48.2 Å². The summed E-state index contributed by atoms with van der Waals surface area (Å²) in [6.45, 7) is 6.42. The molecule has 1 aromatic heterocycles. The average Bonchev–Trinajstić information content (AvgIpc) is 3.09.